The molecule has 1 N–H and O–H groups in total. The first-order valence-electron chi connectivity index (χ1n) is 10.5. The fourth-order valence-electron chi connectivity index (χ4n) is 3.77. The summed E-state index contributed by atoms with van der Waals surface area (Å²) in [5.41, 5.74) is 1.84. The predicted octanol–water partition coefficient (Wildman–Crippen LogP) is 4.37. The number of aliphatic hydroxyl groups is 1. The van der Waals surface area contributed by atoms with Crippen LogP contribution in [0.3, 0.4) is 0 Å². The first-order valence-corrected chi connectivity index (χ1v) is 10.5. The van der Waals surface area contributed by atoms with Gasteiger partial charge in [-0.25, -0.2) is 0 Å². The number of nitriles is 1. The Balaban J connectivity index is 1.90. The molecule has 0 bridgehead atoms. The number of nitrogens with zero attached hydrogens (tertiary/aromatic N) is 3. The molecule has 1 aliphatic heterocycles. The third-order valence-corrected chi connectivity index (χ3v) is 5.32. The first kappa shape index (κ1) is 21.8. The van der Waals surface area contributed by atoms with Crippen LogP contribution in [-0.2, 0) is 9.59 Å². The number of ether oxygens (including phenoxy) is 1. The molecule has 1 aromatic heterocycles. The average Bonchev–Trinajstić information content (AvgIpc) is 3.13. The van der Waals surface area contributed by atoms with Crippen LogP contribution >= 0.6 is 0 Å². The molecular formula is C26H21N3O4. The molecule has 0 aliphatic carbocycles. The lowest BCUT2D eigenvalue weighted by atomic mass is 9.95. The number of carbonyl (C=O) groups is 2. The minimum Gasteiger partial charge on any atom is -0.507 e. The highest BCUT2D eigenvalue weighted by Gasteiger charge is 2.47. The summed E-state index contributed by atoms with van der Waals surface area (Å²) in [6.07, 6.45) is 3.83. The van der Waals surface area contributed by atoms with Crippen molar-refractivity contribution < 1.29 is 19.4 Å². The Kier molecular flexibility index (Phi) is 6.18. The van der Waals surface area contributed by atoms with Crippen molar-refractivity contribution in [2.45, 2.75) is 19.4 Å². The number of benzene rings is 2. The van der Waals surface area contributed by atoms with E-state index in [-0.39, 0.29) is 11.3 Å². The number of rotatable bonds is 6. The molecule has 33 heavy (non-hydrogen) atoms. The number of hydrogen-bond acceptors (Lipinski definition) is 6. The average molecular weight is 439 g/mol. The van der Waals surface area contributed by atoms with Crippen LogP contribution in [0.15, 0.2) is 78.6 Å². The van der Waals surface area contributed by atoms with E-state index >= 15 is 0 Å². The van der Waals surface area contributed by atoms with Gasteiger partial charge in [0, 0.05) is 23.6 Å². The number of anilines is 1. The maximum absolute atomic E-state index is 13.2. The van der Waals surface area contributed by atoms with E-state index < -0.39 is 17.7 Å². The minimum atomic E-state index is -0.878. The second kappa shape index (κ2) is 9.37. The van der Waals surface area contributed by atoms with Gasteiger partial charge < -0.3 is 9.84 Å². The zero-order valence-corrected chi connectivity index (χ0v) is 17.9. The number of aliphatic hydroxyl groups excluding tert-OH is 1. The molecule has 3 aromatic rings. The van der Waals surface area contributed by atoms with Gasteiger partial charge in [0.15, 0.2) is 0 Å². The van der Waals surface area contributed by atoms with Crippen LogP contribution in [0.1, 0.15) is 36.1 Å². The van der Waals surface area contributed by atoms with Crippen molar-refractivity contribution in [2.24, 2.45) is 0 Å². The number of pyridine rings is 1. The highest BCUT2D eigenvalue weighted by molar-refractivity contribution is 6.51. The van der Waals surface area contributed by atoms with Gasteiger partial charge in [-0.15, -0.1) is 0 Å². The number of Topliss-reactive ketones (excluding diaryl/α,β-unsaturated/α-hetero) is 1. The highest BCUT2D eigenvalue weighted by Crippen LogP contribution is 2.42. The van der Waals surface area contributed by atoms with Gasteiger partial charge in [0.1, 0.15) is 11.5 Å². The summed E-state index contributed by atoms with van der Waals surface area (Å²) in [4.78, 5) is 31.6. The van der Waals surface area contributed by atoms with Gasteiger partial charge in [0.2, 0.25) is 0 Å². The number of hydrogen-bond donors (Lipinski definition) is 1. The summed E-state index contributed by atoms with van der Waals surface area (Å²) in [6, 6.07) is 17.8. The van der Waals surface area contributed by atoms with Crippen LogP contribution < -0.4 is 9.64 Å². The van der Waals surface area contributed by atoms with E-state index in [1.54, 1.807) is 60.7 Å². The monoisotopic (exact) mass is 439 g/mol. The second-order valence-corrected chi connectivity index (χ2v) is 7.48. The van der Waals surface area contributed by atoms with Gasteiger partial charge in [-0.2, -0.15) is 5.26 Å². The zero-order chi connectivity index (χ0) is 23.4. The summed E-state index contributed by atoms with van der Waals surface area (Å²) in [5.74, 6) is -1.24. The molecule has 2 aromatic carbocycles. The third-order valence-electron chi connectivity index (χ3n) is 5.32. The Morgan fingerprint density at radius 1 is 1.12 bits per heavy atom. The van der Waals surface area contributed by atoms with Crippen LogP contribution in [0.5, 0.6) is 5.75 Å². The smallest absolute Gasteiger partial charge is 0.300 e. The van der Waals surface area contributed by atoms with Crippen molar-refractivity contribution in [1.29, 1.82) is 5.26 Å². The zero-order valence-electron chi connectivity index (χ0n) is 17.9. The largest absolute Gasteiger partial charge is 0.507 e. The molecule has 0 radical (unpaired) electrons. The van der Waals surface area contributed by atoms with Gasteiger partial charge in [0.25, 0.3) is 11.7 Å². The Labute approximate surface area is 191 Å². The summed E-state index contributed by atoms with van der Waals surface area (Å²) >= 11 is 0. The van der Waals surface area contributed by atoms with E-state index in [9.17, 15) is 14.7 Å². The van der Waals surface area contributed by atoms with Gasteiger partial charge in [0.05, 0.1) is 29.9 Å². The molecule has 0 saturated carbocycles. The molecule has 1 amide bonds. The van der Waals surface area contributed by atoms with Gasteiger partial charge in [-0.05, 0) is 60.5 Å². The van der Waals surface area contributed by atoms with Crippen molar-refractivity contribution >= 4 is 23.1 Å². The summed E-state index contributed by atoms with van der Waals surface area (Å²) in [7, 11) is 0. The van der Waals surface area contributed by atoms with Crippen molar-refractivity contribution in [1.82, 2.24) is 4.98 Å². The quantitative estimate of drug-likeness (QED) is 0.348. The van der Waals surface area contributed by atoms with E-state index in [1.165, 1.54) is 17.3 Å². The Bertz CT molecular complexity index is 1260. The van der Waals surface area contributed by atoms with Crippen molar-refractivity contribution in [3.8, 4) is 11.8 Å². The normalized spacial score (nSPS) is 17.1. The molecule has 7 heteroatoms. The third kappa shape index (κ3) is 4.19. The molecule has 1 saturated heterocycles. The lowest BCUT2D eigenvalue weighted by Gasteiger charge is -2.26. The fourth-order valence-corrected chi connectivity index (χ4v) is 3.77. The molecule has 4 rings (SSSR count). The van der Waals surface area contributed by atoms with Crippen LogP contribution in [0, 0.1) is 11.3 Å². The number of aromatic nitrogens is 1. The molecule has 0 spiro atoms. The summed E-state index contributed by atoms with van der Waals surface area (Å²) in [5, 5.41) is 20.2. The second-order valence-electron chi connectivity index (χ2n) is 7.48. The van der Waals surface area contributed by atoms with Gasteiger partial charge in [-0.3, -0.25) is 19.5 Å². The molecular weight excluding hydrogens is 418 g/mol. The van der Waals surface area contributed by atoms with Crippen LogP contribution in [0.25, 0.3) is 5.76 Å². The van der Waals surface area contributed by atoms with E-state index in [2.05, 4.69) is 4.98 Å². The van der Waals surface area contributed by atoms with Crippen molar-refractivity contribution in [3.63, 3.8) is 0 Å². The van der Waals surface area contributed by atoms with Crippen molar-refractivity contribution in [3.05, 3.63) is 95.3 Å². The van der Waals surface area contributed by atoms with E-state index in [1.807, 2.05) is 13.0 Å². The lowest BCUT2D eigenvalue weighted by molar-refractivity contribution is -0.132. The maximum atomic E-state index is 13.2. The topological polar surface area (TPSA) is 104 Å². The SMILES string of the molecule is CCCOc1cccc(C2/C(=C(/O)c3ccncc3)C(=O)C(=O)N2c2ccc(C#N)cc2)c1. The number of ketones is 1. The molecule has 1 fully saturated rings. The van der Waals surface area contributed by atoms with E-state index in [4.69, 9.17) is 10.00 Å². The molecule has 1 unspecified atom stereocenters. The highest BCUT2D eigenvalue weighted by atomic mass is 16.5. The minimum absolute atomic E-state index is 0.0248. The van der Waals surface area contributed by atoms with Gasteiger partial charge in [-0.1, -0.05) is 19.1 Å². The Morgan fingerprint density at radius 3 is 2.52 bits per heavy atom. The standard InChI is InChI=1S/C26H21N3O4/c1-2-14-33-21-5-3-4-19(15-21)23-22(24(30)18-10-12-28-13-11-18)25(31)26(32)29(23)20-8-6-17(16-27)7-9-20/h3-13,15,23,30H,2,14H2,1H3/b24-22-. The lowest BCUT2D eigenvalue weighted by Crippen LogP contribution is -2.29. The van der Waals surface area contributed by atoms with E-state index in [0.717, 1.165) is 6.42 Å². The molecule has 1 aliphatic rings. The molecule has 2 heterocycles. The Hall–Kier alpha value is -4.44. The molecule has 1 atom stereocenters. The Morgan fingerprint density at radius 2 is 1.85 bits per heavy atom. The molecule has 7 nitrogen and oxygen atoms in total. The molecule has 164 valence electrons. The predicted molar refractivity (Wildman–Crippen MR) is 122 cm³/mol. The van der Waals surface area contributed by atoms with Crippen LogP contribution in [-0.4, -0.2) is 28.4 Å². The summed E-state index contributed by atoms with van der Waals surface area (Å²) in [6.45, 7) is 2.52. The first-order chi connectivity index (χ1) is 16.0. The summed E-state index contributed by atoms with van der Waals surface area (Å²) < 4.78 is 5.75. The number of carbonyl (C=O) groups excluding carboxylic acids is 2. The van der Waals surface area contributed by atoms with Gasteiger partial charge >= 0.3 is 0 Å². The number of amides is 1. The van der Waals surface area contributed by atoms with E-state index in [0.29, 0.717) is 34.7 Å². The van der Waals surface area contributed by atoms with Crippen LogP contribution in [0.2, 0.25) is 0 Å². The van der Waals surface area contributed by atoms with Crippen LogP contribution in [0.4, 0.5) is 5.69 Å². The maximum Gasteiger partial charge on any atom is 0.300 e. The fraction of sp³-hybridized carbons (Fsp3) is 0.154. The van der Waals surface area contributed by atoms with Crippen molar-refractivity contribution in [2.75, 3.05) is 11.5 Å².